The number of aryl methyl sites for hydroxylation is 1. The van der Waals surface area contributed by atoms with Crippen molar-refractivity contribution in [2.24, 2.45) is 5.92 Å². The number of nitrogens with zero attached hydrogens (tertiary/aromatic N) is 3. The number of fused-ring (bicyclic) bond motifs is 1. The van der Waals surface area contributed by atoms with Gasteiger partial charge in [-0.2, -0.15) is 0 Å². The Morgan fingerprint density at radius 1 is 1.32 bits per heavy atom. The first-order valence-corrected chi connectivity index (χ1v) is 7.31. The fourth-order valence-electron chi connectivity index (χ4n) is 2.93. The highest BCUT2D eigenvalue weighted by molar-refractivity contribution is 5.07. The molecule has 1 fully saturated rings. The summed E-state index contributed by atoms with van der Waals surface area (Å²) >= 11 is 0. The van der Waals surface area contributed by atoms with Crippen LogP contribution in [-0.2, 0) is 24.1 Å². The maximum Gasteiger partial charge on any atom is 0.109 e. The molecule has 0 radical (unpaired) electrons. The van der Waals surface area contributed by atoms with Crippen LogP contribution < -0.4 is 0 Å². The molecule has 3 heterocycles. The van der Waals surface area contributed by atoms with Crippen molar-refractivity contribution < 1.29 is 9.84 Å². The first-order chi connectivity index (χ1) is 9.35. The van der Waals surface area contributed by atoms with E-state index in [2.05, 4.69) is 15.7 Å². The van der Waals surface area contributed by atoms with Crippen LogP contribution in [-0.4, -0.2) is 59.0 Å². The molecule has 0 amide bonds. The Balaban J connectivity index is 1.55. The van der Waals surface area contributed by atoms with Gasteiger partial charge in [0.05, 0.1) is 18.9 Å². The van der Waals surface area contributed by atoms with Gasteiger partial charge in [0, 0.05) is 51.8 Å². The van der Waals surface area contributed by atoms with Gasteiger partial charge in [0.15, 0.2) is 0 Å². The number of aliphatic hydroxyl groups is 1. The third-order valence-corrected chi connectivity index (χ3v) is 4.20. The summed E-state index contributed by atoms with van der Waals surface area (Å²) < 4.78 is 7.62. The SMILES string of the molecule is OCC1CCn2cc(CCN3CCOCC3)nc2C1. The Kier molecular flexibility index (Phi) is 4.15. The molecule has 1 aromatic rings. The minimum atomic E-state index is 0.288. The third-order valence-electron chi connectivity index (χ3n) is 4.20. The zero-order valence-electron chi connectivity index (χ0n) is 11.4. The lowest BCUT2D eigenvalue weighted by molar-refractivity contribution is 0.0383. The molecule has 1 N–H and O–H groups in total. The van der Waals surface area contributed by atoms with Crippen molar-refractivity contribution >= 4 is 0 Å². The first-order valence-electron chi connectivity index (χ1n) is 7.31. The highest BCUT2D eigenvalue weighted by Crippen LogP contribution is 2.20. The maximum absolute atomic E-state index is 9.24. The van der Waals surface area contributed by atoms with Gasteiger partial charge in [-0.05, 0) is 12.3 Å². The number of morpholine rings is 1. The molecule has 1 saturated heterocycles. The molecule has 0 aromatic carbocycles. The van der Waals surface area contributed by atoms with E-state index in [0.717, 1.165) is 64.5 Å². The standard InChI is InChI=1S/C14H23N3O2/c18-11-12-1-4-17-10-13(15-14(17)9-12)2-3-16-5-7-19-8-6-16/h10,12,18H,1-9,11H2. The lowest BCUT2D eigenvalue weighted by Crippen LogP contribution is -2.37. The Labute approximate surface area is 114 Å². The highest BCUT2D eigenvalue weighted by atomic mass is 16.5. The summed E-state index contributed by atoms with van der Waals surface area (Å²) in [6, 6.07) is 0. The Hall–Kier alpha value is -0.910. The number of hydrogen-bond donors (Lipinski definition) is 1. The molecule has 3 rings (SSSR count). The van der Waals surface area contributed by atoms with Crippen molar-refractivity contribution in [2.45, 2.75) is 25.8 Å². The average Bonchev–Trinajstić information content (AvgIpc) is 2.88. The molecule has 0 spiro atoms. The lowest BCUT2D eigenvalue weighted by atomic mass is 9.99. The van der Waals surface area contributed by atoms with Crippen molar-refractivity contribution in [3.05, 3.63) is 17.7 Å². The Morgan fingerprint density at radius 2 is 2.16 bits per heavy atom. The van der Waals surface area contributed by atoms with Crippen molar-refractivity contribution in [2.75, 3.05) is 39.5 Å². The van der Waals surface area contributed by atoms with E-state index in [1.54, 1.807) is 0 Å². The molecule has 1 atom stereocenters. The predicted molar refractivity (Wildman–Crippen MR) is 72.1 cm³/mol. The monoisotopic (exact) mass is 265 g/mol. The van der Waals surface area contributed by atoms with E-state index >= 15 is 0 Å². The fourth-order valence-corrected chi connectivity index (χ4v) is 2.93. The topological polar surface area (TPSA) is 50.5 Å². The molecule has 2 aliphatic heterocycles. The second-order valence-electron chi connectivity index (χ2n) is 5.59. The van der Waals surface area contributed by atoms with Crippen LogP contribution in [0.5, 0.6) is 0 Å². The number of imidazole rings is 1. The third kappa shape index (κ3) is 3.16. The molecule has 0 bridgehead atoms. The van der Waals surface area contributed by atoms with Gasteiger partial charge in [-0.3, -0.25) is 4.90 Å². The Bertz CT molecular complexity index is 413. The van der Waals surface area contributed by atoms with Crippen molar-refractivity contribution in [1.29, 1.82) is 0 Å². The maximum atomic E-state index is 9.24. The molecule has 1 aromatic heterocycles. The predicted octanol–water partition coefficient (Wildman–Crippen LogP) is 0.313. The van der Waals surface area contributed by atoms with Gasteiger partial charge >= 0.3 is 0 Å². The van der Waals surface area contributed by atoms with E-state index in [1.807, 2.05) is 0 Å². The van der Waals surface area contributed by atoms with Crippen LogP contribution in [0, 0.1) is 5.92 Å². The summed E-state index contributed by atoms with van der Waals surface area (Å²) in [5.74, 6) is 1.56. The second kappa shape index (κ2) is 6.03. The molecular formula is C14H23N3O2. The van der Waals surface area contributed by atoms with E-state index < -0.39 is 0 Å². The number of aliphatic hydroxyl groups excluding tert-OH is 1. The quantitative estimate of drug-likeness (QED) is 0.851. The zero-order chi connectivity index (χ0) is 13.1. The largest absolute Gasteiger partial charge is 0.396 e. The van der Waals surface area contributed by atoms with Crippen LogP contribution in [0.4, 0.5) is 0 Å². The molecule has 2 aliphatic rings. The summed E-state index contributed by atoms with van der Waals surface area (Å²) in [5, 5.41) is 9.24. The molecular weight excluding hydrogens is 242 g/mol. The number of ether oxygens (including phenoxy) is 1. The molecule has 5 heteroatoms. The van der Waals surface area contributed by atoms with Crippen molar-refractivity contribution in [3.8, 4) is 0 Å². The first kappa shape index (κ1) is 13.1. The fraction of sp³-hybridized carbons (Fsp3) is 0.786. The minimum absolute atomic E-state index is 0.288. The van der Waals surface area contributed by atoms with Crippen LogP contribution in [0.2, 0.25) is 0 Å². The molecule has 5 nitrogen and oxygen atoms in total. The van der Waals surface area contributed by atoms with E-state index in [4.69, 9.17) is 9.72 Å². The van der Waals surface area contributed by atoms with E-state index in [0.29, 0.717) is 5.92 Å². The number of aromatic nitrogens is 2. The van der Waals surface area contributed by atoms with Gasteiger partial charge in [0.1, 0.15) is 5.82 Å². The Morgan fingerprint density at radius 3 is 2.95 bits per heavy atom. The normalized spacial score (nSPS) is 24.4. The van der Waals surface area contributed by atoms with Crippen LogP contribution >= 0.6 is 0 Å². The molecule has 106 valence electrons. The van der Waals surface area contributed by atoms with Gasteiger partial charge < -0.3 is 14.4 Å². The van der Waals surface area contributed by atoms with Gasteiger partial charge in [-0.15, -0.1) is 0 Å². The minimum Gasteiger partial charge on any atom is -0.396 e. The van der Waals surface area contributed by atoms with Crippen LogP contribution in [0.25, 0.3) is 0 Å². The van der Waals surface area contributed by atoms with Gasteiger partial charge in [0.25, 0.3) is 0 Å². The highest BCUT2D eigenvalue weighted by Gasteiger charge is 2.20. The average molecular weight is 265 g/mol. The number of hydrogen-bond acceptors (Lipinski definition) is 4. The lowest BCUT2D eigenvalue weighted by Gasteiger charge is -2.26. The molecule has 1 unspecified atom stereocenters. The summed E-state index contributed by atoms with van der Waals surface area (Å²) in [6.45, 7) is 6.17. The van der Waals surface area contributed by atoms with Crippen LogP contribution in [0.15, 0.2) is 6.20 Å². The van der Waals surface area contributed by atoms with Crippen molar-refractivity contribution in [1.82, 2.24) is 14.5 Å². The van der Waals surface area contributed by atoms with E-state index in [1.165, 1.54) is 5.69 Å². The molecule has 0 saturated carbocycles. The molecule has 19 heavy (non-hydrogen) atoms. The smallest absolute Gasteiger partial charge is 0.109 e. The zero-order valence-corrected chi connectivity index (χ0v) is 11.4. The van der Waals surface area contributed by atoms with Crippen LogP contribution in [0.3, 0.4) is 0 Å². The van der Waals surface area contributed by atoms with E-state index in [9.17, 15) is 5.11 Å². The summed E-state index contributed by atoms with van der Waals surface area (Å²) in [6.07, 6.45) is 5.21. The summed E-state index contributed by atoms with van der Waals surface area (Å²) in [7, 11) is 0. The van der Waals surface area contributed by atoms with E-state index in [-0.39, 0.29) is 6.61 Å². The van der Waals surface area contributed by atoms with Gasteiger partial charge in [0.2, 0.25) is 0 Å². The molecule has 0 aliphatic carbocycles. The second-order valence-corrected chi connectivity index (χ2v) is 5.59. The van der Waals surface area contributed by atoms with Gasteiger partial charge in [-0.1, -0.05) is 0 Å². The van der Waals surface area contributed by atoms with Gasteiger partial charge in [-0.25, -0.2) is 4.98 Å². The number of rotatable bonds is 4. The van der Waals surface area contributed by atoms with Crippen LogP contribution in [0.1, 0.15) is 17.9 Å². The summed E-state index contributed by atoms with van der Waals surface area (Å²) in [5.41, 5.74) is 1.19. The summed E-state index contributed by atoms with van der Waals surface area (Å²) in [4.78, 5) is 7.17. The van der Waals surface area contributed by atoms with Crippen molar-refractivity contribution in [3.63, 3.8) is 0 Å².